The highest BCUT2D eigenvalue weighted by Crippen LogP contribution is 2.66. The summed E-state index contributed by atoms with van der Waals surface area (Å²) in [6.45, 7) is 0.507. The molecule has 10 heteroatoms. The van der Waals surface area contributed by atoms with Crippen LogP contribution < -0.4 is 14.2 Å². The SMILES string of the molecule is COc1cc2cc(C(=O)N3C[C@H]4C[C@@]45C3=CC(=O)c3[nH]c(C(=O)SC)cc35)[nH]c2c(OC)c1OC. The summed E-state index contributed by atoms with van der Waals surface area (Å²) < 4.78 is 16.4. The van der Waals surface area contributed by atoms with E-state index in [1.165, 1.54) is 21.3 Å². The third-order valence-corrected chi connectivity index (χ3v) is 7.96. The van der Waals surface area contributed by atoms with Crippen molar-refractivity contribution in [2.45, 2.75) is 11.8 Å². The molecule has 1 aromatic carbocycles. The lowest BCUT2D eigenvalue weighted by molar-refractivity contribution is 0.0806. The zero-order valence-corrected chi connectivity index (χ0v) is 20.4. The minimum atomic E-state index is -0.400. The van der Waals surface area contributed by atoms with E-state index in [1.807, 2.05) is 0 Å². The van der Waals surface area contributed by atoms with Gasteiger partial charge in [0.25, 0.3) is 5.91 Å². The van der Waals surface area contributed by atoms with Crippen LogP contribution in [0, 0.1) is 5.92 Å². The predicted octanol–water partition coefficient (Wildman–Crippen LogP) is 3.52. The number of amides is 1. The van der Waals surface area contributed by atoms with Gasteiger partial charge in [-0.1, -0.05) is 11.8 Å². The quantitative estimate of drug-likeness (QED) is 0.559. The molecule has 2 fully saturated rings. The molecule has 180 valence electrons. The maximum Gasteiger partial charge on any atom is 0.274 e. The number of fused-ring (bicyclic) bond motifs is 2. The van der Waals surface area contributed by atoms with Crippen molar-refractivity contribution in [3.63, 3.8) is 0 Å². The van der Waals surface area contributed by atoms with Gasteiger partial charge in [-0.3, -0.25) is 14.4 Å². The number of ketones is 1. The first-order valence-electron chi connectivity index (χ1n) is 11.1. The molecular weight excluding hydrogens is 470 g/mol. The van der Waals surface area contributed by atoms with Crippen molar-refractivity contribution in [3.8, 4) is 17.2 Å². The number of H-pyrrole nitrogens is 2. The van der Waals surface area contributed by atoms with Crippen molar-refractivity contribution in [1.82, 2.24) is 14.9 Å². The van der Waals surface area contributed by atoms with E-state index in [-0.39, 0.29) is 22.7 Å². The summed E-state index contributed by atoms with van der Waals surface area (Å²) in [5.74, 6) is 1.12. The largest absolute Gasteiger partial charge is 0.493 e. The number of nitrogens with zero attached hydrogens (tertiary/aromatic N) is 1. The van der Waals surface area contributed by atoms with E-state index in [2.05, 4.69) is 9.97 Å². The Bertz CT molecular complexity index is 1480. The van der Waals surface area contributed by atoms with Crippen molar-refractivity contribution in [3.05, 3.63) is 52.6 Å². The minimum Gasteiger partial charge on any atom is -0.493 e. The number of nitrogens with one attached hydrogen (secondary N) is 2. The molecule has 6 rings (SSSR count). The molecule has 1 saturated carbocycles. The molecule has 0 bridgehead atoms. The number of benzene rings is 1. The number of methoxy groups -OCH3 is 3. The Kier molecular flexibility index (Phi) is 4.63. The smallest absolute Gasteiger partial charge is 0.274 e. The van der Waals surface area contributed by atoms with E-state index in [0.717, 1.165) is 29.1 Å². The third-order valence-electron chi connectivity index (χ3n) is 7.37. The second-order valence-electron chi connectivity index (χ2n) is 8.94. The van der Waals surface area contributed by atoms with Gasteiger partial charge in [0, 0.05) is 29.1 Å². The second kappa shape index (κ2) is 7.42. The van der Waals surface area contributed by atoms with Crippen LogP contribution in [0.5, 0.6) is 17.2 Å². The number of ether oxygens (including phenoxy) is 3. The molecule has 2 N–H and O–H groups in total. The molecule has 1 aliphatic heterocycles. The number of hydrogen-bond acceptors (Lipinski definition) is 7. The molecule has 2 atom stereocenters. The first-order chi connectivity index (χ1) is 16.9. The molecule has 1 amide bonds. The Morgan fingerprint density at radius 3 is 2.51 bits per heavy atom. The molecule has 0 radical (unpaired) electrons. The van der Waals surface area contributed by atoms with E-state index < -0.39 is 5.41 Å². The first-order valence-corrected chi connectivity index (χ1v) is 12.3. The van der Waals surface area contributed by atoms with Crippen LogP contribution in [0.4, 0.5) is 0 Å². The fourth-order valence-corrected chi connectivity index (χ4v) is 6.04. The van der Waals surface area contributed by atoms with Crippen LogP contribution >= 0.6 is 11.8 Å². The van der Waals surface area contributed by atoms with Gasteiger partial charge in [-0.2, -0.15) is 0 Å². The van der Waals surface area contributed by atoms with Crippen molar-refractivity contribution >= 4 is 39.5 Å². The van der Waals surface area contributed by atoms with Gasteiger partial charge in [0.05, 0.1) is 38.2 Å². The van der Waals surface area contributed by atoms with Crippen LogP contribution in [-0.4, -0.2) is 65.8 Å². The number of carbonyl (C=O) groups excluding carboxylic acids is 3. The Hall–Kier alpha value is -3.66. The number of piperidine rings is 1. The molecule has 3 aromatic rings. The fourth-order valence-electron chi connectivity index (χ4n) is 5.71. The van der Waals surface area contributed by atoms with Crippen molar-refractivity contribution in [2.75, 3.05) is 34.1 Å². The molecule has 9 nitrogen and oxygen atoms in total. The summed E-state index contributed by atoms with van der Waals surface area (Å²) in [5.41, 5.74) is 2.99. The van der Waals surface area contributed by atoms with E-state index in [9.17, 15) is 14.4 Å². The van der Waals surface area contributed by atoms with E-state index >= 15 is 0 Å². The fraction of sp³-hybridized carbons (Fsp3) is 0.320. The third kappa shape index (κ3) is 2.80. The standard InChI is InChI=1S/C25H23N3O6S/c1-32-17-6-11-5-14(26-19(11)22(34-3)21(17)33-2)23(30)28-10-12-9-25(12)13-7-15(24(31)35-4)27-20(13)16(29)8-18(25)28/h5-8,12,26-27H,9-10H2,1-4H3/t12-,25-/m1/s1. The molecule has 3 heterocycles. The van der Waals surface area contributed by atoms with Gasteiger partial charge in [0.1, 0.15) is 5.69 Å². The second-order valence-corrected chi connectivity index (χ2v) is 9.72. The highest BCUT2D eigenvalue weighted by Gasteiger charge is 2.67. The van der Waals surface area contributed by atoms with Crippen molar-refractivity contribution in [1.29, 1.82) is 0 Å². The van der Waals surface area contributed by atoms with Crippen LogP contribution in [0.3, 0.4) is 0 Å². The van der Waals surface area contributed by atoms with E-state index in [4.69, 9.17) is 14.2 Å². The van der Waals surface area contributed by atoms with Crippen LogP contribution in [0.15, 0.2) is 30.0 Å². The number of allylic oxidation sites excluding steroid dienone is 2. The Balaban J connectivity index is 1.40. The van der Waals surface area contributed by atoms with Gasteiger partial charge in [-0.15, -0.1) is 0 Å². The van der Waals surface area contributed by atoms with Gasteiger partial charge in [-0.05, 0) is 42.4 Å². The summed E-state index contributed by atoms with van der Waals surface area (Å²) >= 11 is 1.10. The number of aromatic nitrogens is 2. The molecule has 2 aliphatic carbocycles. The van der Waals surface area contributed by atoms with Gasteiger partial charge < -0.3 is 29.1 Å². The van der Waals surface area contributed by atoms with Crippen LogP contribution in [0.2, 0.25) is 0 Å². The number of aromatic amines is 2. The summed E-state index contributed by atoms with van der Waals surface area (Å²) in [4.78, 5) is 46.8. The normalized spacial score (nSPS) is 21.8. The molecule has 1 spiro atoms. The Morgan fingerprint density at radius 1 is 1.06 bits per heavy atom. The van der Waals surface area contributed by atoms with Crippen LogP contribution in [0.1, 0.15) is 43.4 Å². The monoisotopic (exact) mass is 493 g/mol. The molecule has 0 unspecified atom stereocenters. The summed E-state index contributed by atoms with van der Waals surface area (Å²) in [5, 5.41) is 0.620. The molecule has 2 aromatic heterocycles. The zero-order valence-electron chi connectivity index (χ0n) is 19.6. The summed E-state index contributed by atoms with van der Waals surface area (Å²) in [6.07, 6.45) is 4.11. The lowest BCUT2D eigenvalue weighted by Crippen LogP contribution is -2.33. The maximum absolute atomic E-state index is 13.7. The highest BCUT2D eigenvalue weighted by molar-refractivity contribution is 8.13. The lowest BCUT2D eigenvalue weighted by atomic mass is 9.85. The number of hydrogen-bond donors (Lipinski definition) is 2. The molecule has 1 saturated heterocycles. The number of thioether (sulfide) groups is 1. The number of carbonyl (C=O) groups is 3. The Labute approximate surface area is 204 Å². The average Bonchev–Trinajstić information content (AvgIpc) is 3.21. The summed E-state index contributed by atoms with van der Waals surface area (Å²) in [6, 6.07) is 5.33. The van der Waals surface area contributed by atoms with Gasteiger partial charge in [-0.25, -0.2) is 0 Å². The first kappa shape index (κ1) is 21.8. The van der Waals surface area contributed by atoms with Gasteiger partial charge in [0.2, 0.25) is 16.6 Å². The molecular formula is C25H23N3O6S. The zero-order chi connectivity index (χ0) is 24.6. The average molecular weight is 494 g/mol. The summed E-state index contributed by atoms with van der Waals surface area (Å²) in [7, 11) is 4.59. The van der Waals surface area contributed by atoms with Crippen molar-refractivity contribution in [2.24, 2.45) is 5.92 Å². The van der Waals surface area contributed by atoms with Crippen molar-refractivity contribution < 1.29 is 28.6 Å². The molecule has 3 aliphatic rings. The predicted molar refractivity (Wildman–Crippen MR) is 130 cm³/mol. The maximum atomic E-state index is 13.7. The Morgan fingerprint density at radius 2 is 1.83 bits per heavy atom. The van der Waals surface area contributed by atoms with Crippen LogP contribution in [-0.2, 0) is 5.41 Å². The van der Waals surface area contributed by atoms with Crippen LogP contribution in [0.25, 0.3) is 10.9 Å². The lowest BCUT2D eigenvalue weighted by Gasteiger charge is -2.27. The topological polar surface area (TPSA) is 114 Å². The van der Waals surface area contributed by atoms with E-state index in [1.54, 1.807) is 35.4 Å². The van der Waals surface area contributed by atoms with Gasteiger partial charge in [0.15, 0.2) is 11.5 Å². The van der Waals surface area contributed by atoms with E-state index in [0.29, 0.717) is 52.1 Å². The van der Waals surface area contributed by atoms with Gasteiger partial charge >= 0.3 is 0 Å². The number of rotatable bonds is 5. The minimum absolute atomic E-state index is 0.119. The molecule has 35 heavy (non-hydrogen) atoms. The highest BCUT2D eigenvalue weighted by atomic mass is 32.2. The number of likely N-dealkylation sites (tertiary alicyclic amines) is 1.